The Balaban J connectivity index is 1.81. The molecule has 1 aromatic rings. The summed E-state index contributed by atoms with van der Waals surface area (Å²) < 4.78 is 5.79. The van der Waals surface area contributed by atoms with E-state index in [4.69, 9.17) is 4.74 Å². The second-order valence-corrected chi connectivity index (χ2v) is 6.36. The zero-order valence-electron chi connectivity index (χ0n) is 13.6. The Bertz CT molecular complexity index is 416. The van der Waals surface area contributed by atoms with Crippen LogP contribution in [0.25, 0.3) is 0 Å². The lowest BCUT2D eigenvalue weighted by atomic mass is 10.1. The van der Waals surface area contributed by atoms with Crippen LogP contribution in [0.5, 0.6) is 5.75 Å². The molecule has 1 aromatic heterocycles. The molecule has 21 heavy (non-hydrogen) atoms. The van der Waals surface area contributed by atoms with E-state index in [1.54, 1.807) is 0 Å². The van der Waals surface area contributed by atoms with Gasteiger partial charge in [0.2, 0.25) is 0 Å². The molecule has 1 saturated heterocycles. The maximum absolute atomic E-state index is 5.79. The van der Waals surface area contributed by atoms with Crippen molar-refractivity contribution in [3.8, 4) is 5.75 Å². The van der Waals surface area contributed by atoms with Gasteiger partial charge in [0.15, 0.2) is 11.6 Å². The molecule has 1 N–H and O–H groups in total. The number of pyridine rings is 1. The van der Waals surface area contributed by atoms with Crippen molar-refractivity contribution >= 4 is 5.82 Å². The topological polar surface area (TPSA) is 37.4 Å². The molecule has 2 heterocycles. The zero-order chi connectivity index (χ0) is 15.1. The lowest BCUT2D eigenvalue weighted by molar-refractivity contribution is 0.204. The maximum atomic E-state index is 5.79. The van der Waals surface area contributed by atoms with Gasteiger partial charge in [-0.3, -0.25) is 0 Å². The highest BCUT2D eigenvalue weighted by Gasteiger charge is 2.14. The highest BCUT2D eigenvalue weighted by atomic mass is 16.5. The molecule has 4 heteroatoms. The zero-order valence-corrected chi connectivity index (χ0v) is 13.6. The number of rotatable bonds is 7. The van der Waals surface area contributed by atoms with Gasteiger partial charge in [0.1, 0.15) is 0 Å². The number of anilines is 1. The van der Waals surface area contributed by atoms with E-state index >= 15 is 0 Å². The molecule has 2 rings (SSSR count). The molecule has 0 spiro atoms. The molecular weight excluding hydrogens is 262 g/mol. The van der Waals surface area contributed by atoms with Gasteiger partial charge in [-0.15, -0.1) is 0 Å². The second-order valence-electron chi connectivity index (χ2n) is 6.36. The number of likely N-dealkylation sites (tertiary alicyclic amines) is 1. The third-order valence-corrected chi connectivity index (χ3v) is 3.77. The molecule has 1 aliphatic heterocycles. The molecule has 0 radical (unpaired) electrons. The van der Waals surface area contributed by atoms with Crippen LogP contribution in [0.15, 0.2) is 18.3 Å². The number of nitrogens with zero attached hydrogens (tertiary/aromatic N) is 2. The minimum atomic E-state index is 0.167. The Morgan fingerprint density at radius 2 is 2.00 bits per heavy atom. The van der Waals surface area contributed by atoms with E-state index in [0.29, 0.717) is 5.92 Å². The molecule has 1 unspecified atom stereocenters. The van der Waals surface area contributed by atoms with Crippen LogP contribution >= 0.6 is 0 Å². The van der Waals surface area contributed by atoms with Crippen LogP contribution in [0.4, 0.5) is 5.82 Å². The molecular formula is C17H29N3O. The van der Waals surface area contributed by atoms with E-state index in [1.807, 2.05) is 32.2 Å². The fourth-order valence-electron chi connectivity index (χ4n) is 2.79. The van der Waals surface area contributed by atoms with Crippen molar-refractivity contribution in [3.63, 3.8) is 0 Å². The first kappa shape index (κ1) is 16.1. The van der Waals surface area contributed by atoms with Gasteiger partial charge >= 0.3 is 0 Å². The SMILES string of the molecule is CC(CNc1ncccc1OC(C)C)CN1CCCCC1. The molecule has 1 atom stereocenters. The number of hydrogen-bond acceptors (Lipinski definition) is 4. The number of aromatic nitrogens is 1. The second kappa shape index (κ2) is 8.23. The van der Waals surface area contributed by atoms with Crippen LogP contribution in [-0.2, 0) is 0 Å². The van der Waals surface area contributed by atoms with Gasteiger partial charge in [-0.1, -0.05) is 13.3 Å². The fourth-order valence-corrected chi connectivity index (χ4v) is 2.79. The standard InChI is InChI=1S/C17H29N3O/c1-14(2)21-16-8-7-9-18-17(16)19-12-15(3)13-20-10-5-4-6-11-20/h7-9,14-15H,4-6,10-13H2,1-3H3,(H,18,19). The van der Waals surface area contributed by atoms with E-state index in [1.165, 1.54) is 38.9 Å². The molecule has 0 bridgehead atoms. The fraction of sp³-hybridized carbons (Fsp3) is 0.706. The van der Waals surface area contributed by atoms with Gasteiger partial charge in [0.05, 0.1) is 6.10 Å². The molecule has 1 fully saturated rings. The minimum Gasteiger partial charge on any atom is -0.487 e. The average molecular weight is 291 g/mol. The van der Waals surface area contributed by atoms with Gasteiger partial charge in [-0.25, -0.2) is 4.98 Å². The van der Waals surface area contributed by atoms with Crippen molar-refractivity contribution in [1.82, 2.24) is 9.88 Å². The van der Waals surface area contributed by atoms with E-state index in [0.717, 1.165) is 18.1 Å². The first-order chi connectivity index (χ1) is 10.1. The van der Waals surface area contributed by atoms with E-state index in [-0.39, 0.29) is 6.10 Å². The molecule has 0 saturated carbocycles. The summed E-state index contributed by atoms with van der Waals surface area (Å²) in [5.74, 6) is 2.31. The first-order valence-corrected chi connectivity index (χ1v) is 8.23. The van der Waals surface area contributed by atoms with Crippen molar-refractivity contribution in [2.45, 2.75) is 46.1 Å². The van der Waals surface area contributed by atoms with E-state index in [9.17, 15) is 0 Å². The normalized spacial score (nSPS) is 17.7. The van der Waals surface area contributed by atoms with Gasteiger partial charge in [0, 0.05) is 19.3 Å². The predicted molar refractivity (Wildman–Crippen MR) is 87.9 cm³/mol. The number of hydrogen-bond donors (Lipinski definition) is 1. The summed E-state index contributed by atoms with van der Waals surface area (Å²) in [5.41, 5.74) is 0. The third-order valence-electron chi connectivity index (χ3n) is 3.77. The Hall–Kier alpha value is -1.29. The summed E-state index contributed by atoms with van der Waals surface area (Å²) >= 11 is 0. The Morgan fingerprint density at radius 1 is 1.24 bits per heavy atom. The lowest BCUT2D eigenvalue weighted by Gasteiger charge is -2.29. The smallest absolute Gasteiger partial charge is 0.168 e. The summed E-state index contributed by atoms with van der Waals surface area (Å²) in [6.45, 7) is 11.0. The molecule has 1 aliphatic rings. The summed E-state index contributed by atoms with van der Waals surface area (Å²) in [5, 5.41) is 3.45. The first-order valence-electron chi connectivity index (χ1n) is 8.23. The number of ether oxygens (including phenoxy) is 1. The van der Waals surface area contributed by atoms with Crippen LogP contribution < -0.4 is 10.1 Å². The number of nitrogens with one attached hydrogen (secondary N) is 1. The molecule has 0 aliphatic carbocycles. The Morgan fingerprint density at radius 3 is 2.71 bits per heavy atom. The van der Waals surface area contributed by atoms with E-state index in [2.05, 4.69) is 22.1 Å². The highest BCUT2D eigenvalue weighted by molar-refractivity contribution is 5.49. The van der Waals surface area contributed by atoms with Gasteiger partial charge < -0.3 is 15.0 Å². The molecule has 118 valence electrons. The lowest BCUT2D eigenvalue weighted by Crippen LogP contribution is -2.35. The molecule has 0 amide bonds. The molecule has 4 nitrogen and oxygen atoms in total. The van der Waals surface area contributed by atoms with E-state index < -0.39 is 0 Å². The van der Waals surface area contributed by atoms with Crippen LogP contribution in [0.3, 0.4) is 0 Å². The van der Waals surface area contributed by atoms with Crippen LogP contribution in [0.1, 0.15) is 40.0 Å². The Kier molecular flexibility index (Phi) is 6.30. The minimum absolute atomic E-state index is 0.167. The number of piperidine rings is 1. The molecule has 0 aromatic carbocycles. The average Bonchev–Trinajstić information content (AvgIpc) is 2.47. The summed E-state index contributed by atoms with van der Waals surface area (Å²) in [4.78, 5) is 6.98. The highest BCUT2D eigenvalue weighted by Crippen LogP contribution is 2.22. The van der Waals surface area contributed by atoms with Crippen molar-refractivity contribution in [2.24, 2.45) is 5.92 Å². The van der Waals surface area contributed by atoms with Gasteiger partial charge in [0.25, 0.3) is 0 Å². The Labute approximate surface area is 128 Å². The predicted octanol–water partition coefficient (Wildman–Crippen LogP) is 3.40. The third kappa shape index (κ3) is 5.54. The van der Waals surface area contributed by atoms with Crippen LogP contribution in [0.2, 0.25) is 0 Å². The van der Waals surface area contributed by atoms with Gasteiger partial charge in [-0.2, -0.15) is 0 Å². The maximum Gasteiger partial charge on any atom is 0.168 e. The van der Waals surface area contributed by atoms with Crippen LogP contribution in [0, 0.1) is 5.92 Å². The monoisotopic (exact) mass is 291 g/mol. The largest absolute Gasteiger partial charge is 0.487 e. The summed E-state index contributed by atoms with van der Waals surface area (Å²) in [7, 11) is 0. The van der Waals surface area contributed by atoms with Crippen molar-refractivity contribution in [1.29, 1.82) is 0 Å². The van der Waals surface area contributed by atoms with Crippen LogP contribution in [-0.4, -0.2) is 42.2 Å². The van der Waals surface area contributed by atoms with Crippen molar-refractivity contribution in [2.75, 3.05) is 31.5 Å². The van der Waals surface area contributed by atoms with Gasteiger partial charge in [-0.05, 0) is 57.8 Å². The summed E-state index contributed by atoms with van der Waals surface area (Å²) in [6.07, 6.45) is 6.08. The quantitative estimate of drug-likeness (QED) is 0.835. The van der Waals surface area contributed by atoms with Crippen molar-refractivity contribution in [3.05, 3.63) is 18.3 Å². The summed E-state index contributed by atoms with van der Waals surface area (Å²) in [6, 6.07) is 3.89. The van der Waals surface area contributed by atoms with Crippen molar-refractivity contribution < 1.29 is 4.74 Å².